The molecule has 0 bridgehead atoms. The van der Waals surface area contributed by atoms with Crippen molar-refractivity contribution in [2.24, 2.45) is 11.7 Å². The van der Waals surface area contributed by atoms with Gasteiger partial charge in [-0.3, -0.25) is 9.88 Å². The van der Waals surface area contributed by atoms with Crippen molar-refractivity contribution in [2.45, 2.75) is 19.0 Å². The monoisotopic (exact) mass is 251 g/mol. The zero-order valence-corrected chi connectivity index (χ0v) is 11.2. The van der Waals surface area contributed by atoms with Crippen LogP contribution >= 0.6 is 11.8 Å². The van der Waals surface area contributed by atoms with Crippen LogP contribution in [0.5, 0.6) is 0 Å². The van der Waals surface area contributed by atoms with Gasteiger partial charge >= 0.3 is 0 Å². The summed E-state index contributed by atoms with van der Waals surface area (Å²) in [6.07, 6.45) is 5.06. The lowest BCUT2D eigenvalue weighted by molar-refractivity contribution is 0.184. The summed E-state index contributed by atoms with van der Waals surface area (Å²) in [5, 5.41) is 0. The van der Waals surface area contributed by atoms with Gasteiger partial charge in [0, 0.05) is 31.5 Å². The number of hydrogen-bond donors (Lipinski definition) is 1. The summed E-state index contributed by atoms with van der Waals surface area (Å²) in [6, 6.07) is 4.62. The molecule has 17 heavy (non-hydrogen) atoms. The van der Waals surface area contributed by atoms with Crippen LogP contribution in [0.15, 0.2) is 24.5 Å². The Morgan fingerprint density at radius 3 is 3.12 bits per heavy atom. The topological polar surface area (TPSA) is 42.2 Å². The van der Waals surface area contributed by atoms with Gasteiger partial charge in [0.1, 0.15) is 0 Å². The number of likely N-dealkylation sites (N-methyl/N-ethyl adjacent to an activating group) is 1. The Balaban J connectivity index is 1.95. The van der Waals surface area contributed by atoms with Gasteiger partial charge in [-0.05, 0) is 42.5 Å². The molecule has 0 aromatic carbocycles. The number of nitrogens with zero attached hydrogens (tertiary/aromatic N) is 2. The maximum Gasteiger partial charge on any atom is 0.0312 e. The first kappa shape index (κ1) is 12.9. The van der Waals surface area contributed by atoms with Crippen LogP contribution in [0.4, 0.5) is 0 Å². The molecule has 2 atom stereocenters. The molecular formula is C13H21N3S. The van der Waals surface area contributed by atoms with Crippen LogP contribution in [0.3, 0.4) is 0 Å². The van der Waals surface area contributed by atoms with E-state index in [0.717, 1.165) is 19.0 Å². The summed E-state index contributed by atoms with van der Waals surface area (Å²) in [5.74, 6) is 3.31. The highest BCUT2D eigenvalue weighted by Crippen LogP contribution is 2.28. The minimum absolute atomic E-state index is 0.505. The smallest absolute Gasteiger partial charge is 0.0312 e. The molecule has 1 aliphatic heterocycles. The molecule has 0 saturated carbocycles. The summed E-state index contributed by atoms with van der Waals surface area (Å²) in [6.45, 7) is 1.69. The Kier molecular flexibility index (Phi) is 4.83. The van der Waals surface area contributed by atoms with Crippen LogP contribution in [0, 0.1) is 5.92 Å². The SMILES string of the molecule is CN(Cc1cccnc1)C(CN)C1CCSC1. The highest BCUT2D eigenvalue weighted by molar-refractivity contribution is 7.99. The van der Waals surface area contributed by atoms with E-state index in [-0.39, 0.29) is 0 Å². The summed E-state index contributed by atoms with van der Waals surface area (Å²) in [4.78, 5) is 6.54. The molecular weight excluding hydrogens is 230 g/mol. The van der Waals surface area contributed by atoms with Crippen molar-refractivity contribution >= 4 is 11.8 Å². The van der Waals surface area contributed by atoms with Crippen LogP contribution in [0.25, 0.3) is 0 Å². The maximum atomic E-state index is 5.94. The van der Waals surface area contributed by atoms with Gasteiger partial charge < -0.3 is 5.73 Å². The van der Waals surface area contributed by atoms with Crippen molar-refractivity contribution in [2.75, 3.05) is 25.1 Å². The molecule has 0 spiro atoms. The van der Waals surface area contributed by atoms with E-state index >= 15 is 0 Å². The van der Waals surface area contributed by atoms with Gasteiger partial charge in [-0.1, -0.05) is 6.07 Å². The third-order valence-electron chi connectivity index (χ3n) is 3.47. The molecule has 94 valence electrons. The van der Waals surface area contributed by atoms with Gasteiger partial charge in [-0.15, -0.1) is 0 Å². The standard InChI is InChI=1S/C13H21N3S/c1-16(9-11-3-2-5-15-8-11)13(7-14)12-4-6-17-10-12/h2-3,5,8,12-13H,4,6-7,9-10,14H2,1H3. The molecule has 2 unspecified atom stereocenters. The summed E-state index contributed by atoms with van der Waals surface area (Å²) in [7, 11) is 2.17. The van der Waals surface area contributed by atoms with Crippen LogP contribution in [0.1, 0.15) is 12.0 Å². The van der Waals surface area contributed by atoms with Gasteiger partial charge in [0.25, 0.3) is 0 Å². The van der Waals surface area contributed by atoms with E-state index in [0.29, 0.717) is 6.04 Å². The average Bonchev–Trinajstić information content (AvgIpc) is 2.85. The van der Waals surface area contributed by atoms with Gasteiger partial charge in [0.2, 0.25) is 0 Å². The highest BCUT2D eigenvalue weighted by Gasteiger charge is 2.27. The Bertz CT molecular complexity index is 325. The van der Waals surface area contributed by atoms with E-state index < -0.39 is 0 Å². The van der Waals surface area contributed by atoms with Crippen LogP contribution in [-0.4, -0.2) is 41.0 Å². The first-order valence-corrected chi connectivity index (χ1v) is 7.33. The Morgan fingerprint density at radius 1 is 1.65 bits per heavy atom. The molecule has 2 N–H and O–H groups in total. The zero-order valence-electron chi connectivity index (χ0n) is 10.4. The van der Waals surface area contributed by atoms with Crippen molar-refractivity contribution in [1.29, 1.82) is 0 Å². The number of aromatic nitrogens is 1. The van der Waals surface area contributed by atoms with E-state index in [9.17, 15) is 0 Å². The molecule has 0 aliphatic carbocycles. The first-order chi connectivity index (χ1) is 8.31. The van der Waals surface area contributed by atoms with Crippen molar-refractivity contribution in [3.05, 3.63) is 30.1 Å². The zero-order chi connectivity index (χ0) is 12.1. The fourth-order valence-corrected chi connectivity index (χ4v) is 3.81. The van der Waals surface area contributed by atoms with Crippen LogP contribution in [-0.2, 0) is 6.54 Å². The Morgan fingerprint density at radius 2 is 2.53 bits per heavy atom. The second kappa shape index (κ2) is 6.38. The first-order valence-electron chi connectivity index (χ1n) is 6.18. The predicted octanol–water partition coefficient (Wildman–Crippen LogP) is 1.59. The molecule has 0 amide bonds. The normalized spacial score (nSPS) is 21.9. The molecule has 3 nitrogen and oxygen atoms in total. The van der Waals surface area contributed by atoms with E-state index in [1.807, 2.05) is 18.5 Å². The summed E-state index contributed by atoms with van der Waals surface area (Å²) < 4.78 is 0. The predicted molar refractivity (Wildman–Crippen MR) is 74.0 cm³/mol. The molecule has 4 heteroatoms. The number of pyridine rings is 1. The van der Waals surface area contributed by atoms with E-state index in [4.69, 9.17) is 5.73 Å². The lowest BCUT2D eigenvalue weighted by Gasteiger charge is -2.31. The largest absolute Gasteiger partial charge is 0.329 e. The van der Waals surface area contributed by atoms with Crippen molar-refractivity contribution in [1.82, 2.24) is 9.88 Å². The number of rotatable bonds is 5. The third kappa shape index (κ3) is 3.44. The number of nitrogens with two attached hydrogens (primary N) is 1. The average molecular weight is 251 g/mol. The Labute approximate surface area is 108 Å². The third-order valence-corrected chi connectivity index (χ3v) is 4.66. The van der Waals surface area contributed by atoms with Gasteiger partial charge in [0.05, 0.1) is 0 Å². The van der Waals surface area contributed by atoms with Gasteiger partial charge in [0.15, 0.2) is 0 Å². The van der Waals surface area contributed by atoms with Crippen LogP contribution in [0.2, 0.25) is 0 Å². The van der Waals surface area contributed by atoms with Gasteiger partial charge in [-0.2, -0.15) is 11.8 Å². The molecule has 1 aliphatic rings. The molecule has 0 radical (unpaired) electrons. The van der Waals surface area contributed by atoms with Crippen molar-refractivity contribution in [3.63, 3.8) is 0 Å². The summed E-state index contributed by atoms with van der Waals surface area (Å²) >= 11 is 2.06. The second-order valence-electron chi connectivity index (χ2n) is 4.70. The minimum Gasteiger partial charge on any atom is -0.329 e. The fourth-order valence-electron chi connectivity index (χ4n) is 2.49. The molecule has 1 fully saturated rings. The maximum absolute atomic E-state index is 5.94. The fraction of sp³-hybridized carbons (Fsp3) is 0.615. The van der Waals surface area contributed by atoms with Crippen LogP contribution < -0.4 is 5.73 Å². The quantitative estimate of drug-likeness (QED) is 0.863. The molecule has 1 aromatic rings. The second-order valence-corrected chi connectivity index (χ2v) is 5.85. The van der Waals surface area contributed by atoms with Crippen molar-refractivity contribution < 1.29 is 0 Å². The number of hydrogen-bond acceptors (Lipinski definition) is 4. The molecule has 1 aromatic heterocycles. The van der Waals surface area contributed by atoms with Gasteiger partial charge in [-0.25, -0.2) is 0 Å². The van der Waals surface area contributed by atoms with E-state index in [1.54, 1.807) is 0 Å². The number of thioether (sulfide) groups is 1. The minimum atomic E-state index is 0.505. The molecule has 2 heterocycles. The lowest BCUT2D eigenvalue weighted by Crippen LogP contribution is -2.43. The van der Waals surface area contributed by atoms with Crippen molar-refractivity contribution in [3.8, 4) is 0 Å². The lowest BCUT2D eigenvalue weighted by atomic mass is 9.97. The molecule has 2 rings (SSSR count). The summed E-state index contributed by atoms with van der Waals surface area (Å²) in [5.41, 5.74) is 7.20. The van der Waals surface area contributed by atoms with E-state index in [2.05, 4.69) is 34.8 Å². The Hall–Kier alpha value is -0.580. The highest BCUT2D eigenvalue weighted by atomic mass is 32.2. The van der Waals surface area contributed by atoms with E-state index in [1.165, 1.54) is 23.5 Å². The molecule has 1 saturated heterocycles.